The van der Waals surface area contributed by atoms with E-state index < -0.39 is 29.4 Å². The molecule has 0 radical (unpaired) electrons. The van der Waals surface area contributed by atoms with Crippen LogP contribution in [0.2, 0.25) is 0 Å². The van der Waals surface area contributed by atoms with Gasteiger partial charge in [-0.1, -0.05) is 26.8 Å². The number of likely N-dealkylation sites (tertiary alicyclic amines) is 1. The first-order valence-electron chi connectivity index (χ1n) is 11.7. The highest BCUT2D eigenvalue weighted by Crippen LogP contribution is 2.50. The number of aliphatic hydroxyl groups excluding tert-OH is 1. The van der Waals surface area contributed by atoms with Gasteiger partial charge in [-0.25, -0.2) is 14.8 Å². The molecule has 10 heteroatoms. The lowest BCUT2D eigenvalue weighted by Crippen LogP contribution is -2.55. The van der Waals surface area contributed by atoms with E-state index in [1.54, 1.807) is 36.3 Å². The average Bonchev–Trinajstić information content (AvgIpc) is 3.57. The zero-order valence-electron chi connectivity index (χ0n) is 21.0. The van der Waals surface area contributed by atoms with Gasteiger partial charge in [-0.15, -0.1) is 22.7 Å². The SMILES string of the molecule is COc1cc(C(=O)N2[C@@H](c3ncc(C)s3)[C@@H](CO)C[C@@]2(Cc2cscn2)C(=O)O)ccc1C(C)(C)C. The maximum atomic E-state index is 14.3. The van der Waals surface area contributed by atoms with Gasteiger partial charge in [0.2, 0.25) is 0 Å². The molecule has 1 fully saturated rings. The number of carbonyl (C=O) groups excluding carboxylic acids is 1. The third-order valence-corrected chi connectivity index (χ3v) is 8.36. The lowest BCUT2D eigenvalue weighted by Gasteiger charge is -2.37. The van der Waals surface area contributed by atoms with Crippen LogP contribution in [0.15, 0.2) is 35.3 Å². The highest BCUT2D eigenvalue weighted by Gasteiger charge is 2.59. The second-order valence-corrected chi connectivity index (χ2v) is 12.2. The van der Waals surface area contributed by atoms with Crippen molar-refractivity contribution in [3.63, 3.8) is 0 Å². The fraction of sp³-hybridized carbons (Fsp3) is 0.462. The molecule has 1 saturated heterocycles. The number of ether oxygens (including phenoxy) is 1. The number of methoxy groups -OCH3 is 1. The molecule has 1 aromatic carbocycles. The number of carbonyl (C=O) groups is 2. The van der Waals surface area contributed by atoms with Crippen LogP contribution in [0.3, 0.4) is 0 Å². The van der Waals surface area contributed by atoms with E-state index in [4.69, 9.17) is 4.74 Å². The first kappa shape index (κ1) is 26.2. The molecular formula is C26H31N3O5S2. The highest BCUT2D eigenvalue weighted by molar-refractivity contribution is 7.11. The Balaban J connectivity index is 1.89. The number of aryl methyl sites for hydroxylation is 1. The maximum Gasteiger partial charge on any atom is 0.330 e. The Morgan fingerprint density at radius 2 is 2.03 bits per heavy atom. The molecule has 2 N–H and O–H groups in total. The van der Waals surface area contributed by atoms with Gasteiger partial charge in [0.25, 0.3) is 5.91 Å². The number of aromatic nitrogens is 2. The Morgan fingerprint density at radius 1 is 1.28 bits per heavy atom. The van der Waals surface area contributed by atoms with Crippen molar-refractivity contribution in [3.05, 3.63) is 62.0 Å². The van der Waals surface area contributed by atoms with Crippen molar-refractivity contribution in [3.8, 4) is 5.75 Å². The van der Waals surface area contributed by atoms with Crippen LogP contribution < -0.4 is 4.74 Å². The zero-order chi connectivity index (χ0) is 26.3. The molecule has 3 atom stereocenters. The van der Waals surface area contributed by atoms with Crippen molar-refractivity contribution in [1.82, 2.24) is 14.9 Å². The van der Waals surface area contributed by atoms with E-state index in [1.807, 2.05) is 13.0 Å². The van der Waals surface area contributed by atoms with E-state index in [9.17, 15) is 19.8 Å². The predicted octanol–water partition coefficient (Wildman–Crippen LogP) is 4.48. The van der Waals surface area contributed by atoms with E-state index in [2.05, 4.69) is 30.7 Å². The molecule has 0 unspecified atom stereocenters. The lowest BCUT2D eigenvalue weighted by molar-refractivity contribution is -0.149. The monoisotopic (exact) mass is 529 g/mol. The molecule has 36 heavy (non-hydrogen) atoms. The Morgan fingerprint density at radius 3 is 2.56 bits per heavy atom. The van der Waals surface area contributed by atoms with E-state index in [0.29, 0.717) is 22.0 Å². The summed E-state index contributed by atoms with van der Waals surface area (Å²) in [4.78, 5) is 38.5. The number of amides is 1. The Kier molecular flexibility index (Phi) is 7.23. The van der Waals surface area contributed by atoms with Crippen molar-refractivity contribution in [2.45, 2.75) is 57.5 Å². The summed E-state index contributed by atoms with van der Waals surface area (Å²) in [5.41, 5.74) is 1.69. The minimum Gasteiger partial charge on any atom is -0.496 e. The molecule has 3 heterocycles. The Bertz CT molecular complexity index is 1250. The summed E-state index contributed by atoms with van der Waals surface area (Å²) in [5.74, 6) is -1.50. The number of carboxylic acid groups (broad SMARTS) is 1. The quantitative estimate of drug-likeness (QED) is 0.464. The maximum absolute atomic E-state index is 14.3. The number of nitrogens with zero attached hydrogens (tertiary/aromatic N) is 3. The minimum absolute atomic E-state index is 0.0339. The topological polar surface area (TPSA) is 113 Å². The van der Waals surface area contributed by atoms with Crippen LogP contribution in [0.1, 0.15) is 64.7 Å². The summed E-state index contributed by atoms with van der Waals surface area (Å²) in [6, 6.07) is 4.56. The van der Waals surface area contributed by atoms with Gasteiger partial charge < -0.3 is 19.8 Å². The largest absolute Gasteiger partial charge is 0.496 e. The number of thiazole rings is 2. The average molecular weight is 530 g/mol. The molecule has 0 spiro atoms. The van der Waals surface area contributed by atoms with Crippen LogP contribution >= 0.6 is 22.7 Å². The van der Waals surface area contributed by atoms with Crippen molar-refractivity contribution in [2.75, 3.05) is 13.7 Å². The number of rotatable bonds is 7. The van der Waals surface area contributed by atoms with Crippen molar-refractivity contribution < 1.29 is 24.5 Å². The lowest BCUT2D eigenvalue weighted by atomic mass is 9.85. The van der Waals surface area contributed by atoms with Crippen LogP contribution in [-0.2, 0) is 16.6 Å². The predicted molar refractivity (Wildman–Crippen MR) is 139 cm³/mol. The number of hydrogen-bond acceptors (Lipinski definition) is 8. The van der Waals surface area contributed by atoms with Gasteiger partial charge in [0.1, 0.15) is 16.3 Å². The van der Waals surface area contributed by atoms with E-state index >= 15 is 0 Å². The summed E-state index contributed by atoms with van der Waals surface area (Å²) in [5, 5.41) is 23.4. The molecule has 3 aromatic rings. The molecule has 1 amide bonds. The van der Waals surface area contributed by atoms with E-state index in [0.717, 1.165) is 10.4 Å². The standard InChI is InChI=1S/C26H31N3O5S2/c1-15-11-27-22(36-15)21-17(12-30)9-26(24(32)33,10-18-13-35-14-28-18)29(21)23(31)16-6-7-19(25(2,3)4)20(8-16)34-5/h6-8,11,13-14,17,21,30H,9-10,12H2,1-5H3,(H,32,33)/t17-,21-,26-/m1/s1. The molecule has 0 saturated carbocycles. The Hall–Kier alpha value is -2.82. The fourth-order valence-electron chi connectivity index (χ4n) is 5.06. The van der Waals surface area contributed by atoms with E-state index in [-0.39, 0.29) is 24.9 Å². The van der Waals surface area contributed by atoms with Gasteiger partial charge in [0.05, 0.1) is 24.4 Å². The van der Waals surface area contributed by atoms with Gasteiger partial charge in [0, 0.05) is 41.0 Å². The van der Waals surface area contributed by atoms with Crippen molar-refractivity contribution in [1.29, 1.82) is 0 Å². The molecule has 1 aliphatic heterocycles. The Labute approximate surface area is 218 Å². The van der Waals surface area contributed by atoms with Gasteiger partial charge in [-0.3, -0.25) is 4.79 Å². The van der Waals surface area contributed by atoms with Crippen LogP contribution in [0.25, 0.3) is 0 Å². The second kappa shape index (κ2) is 9.91. The van der Waals surface area contributed by atoms with Crippen LogP contribution in [0.5, 0.6) is 5.75 Å². The minimum atomic E-state index is -1.60. The number of aliphatic carboxylic acids is 1. The summed E-state index contributed by atoms with van der Waals surface area (Å²) in [6.07, 6.45) is 1.83. The zero-order valence-corrected chi connectivity index (χ0v) is 22.7. The van der Waals surface area contributed by atoms with Gasteiger partial charge in [0.15, 0.2) is 0 Å². The normalized spacial score (nSPS) is 22.1. The van der Waals surface area contributed by atoms with Crippen LogP contribution in [0, 0.1) is 12.8 Å². The molecule has 1 aliphatic rings. The molecule has 0 aliphatic carbocycles. The van der Waals surface area contributed by atoms with Gasteiger partial charge in [-0.2, -0.15) is 0 Å². The van der Waals surface area contributed by atoms with Gasteiger partial charge >= 0.3 is 5.97 Å². The van der Waals surface area contributed by atoms with Crippen molar-refractivity contribution in [2.24, 2.45) is 5.92 Å². The molecule has 8 nitrogen and oxygen atoms in total. The van der Waals surface area contributed by atoms with Crippen LogP contribution in [-0.4, -0.2) is 56.2 Å². The third kappa shape index (κ3) is 4.65. The molecule has 192 valence electrons. The first-order chi connectivity index (χ1) is 17.0. The first-order valence-corrected chi connectivity index (χ1v) is 13.4. The summed E-state index contributed by atoms with van der Waals surface area (Å²) < 4.78 is 5.62. The van der Waals surface area contributed by atoms with Gasteiger partial charge in [-0.05, 0) is 36.5 Å². The highest BCUT2D eigenvalue weighted by atomic mass is 32.1. The summed E-state index contributed by atoms with van der Waals surface area (Å²) in [7, 11) is 1.56. The molecular weight excluding hydrogens is 498 g/mol. The summed E-state index contributed by atoms with van der Waals surface area (Å²) in [6.45, 7) is 7.81. The van der Waals surface area contributed by atoms with Crippen molar-refractivity contribution >= 4 is 34.6 Å². The molecule has 2 aromatic heterocycles. The smallest absolute Gasteiger partial charge is 0.330 e. The number of hydrogen-bond donors (Lipinski definition) is 2. The van der Waals surface area contributed by atoms with Crippen LogP contribution in [0.4, 0.5) is 0 Å². The number of carboxylic acids is 1. The number of aliphatic hydroxyl groups is 1. The third-order valence-electron chi connectivity index (χ3n) is 6.74. The second-order valence-electron chi connectivity index (χ2n) is 10.2. The molecule has 4 rings (SSSR count). The summed E-state index contributed by atoms with van der Waals surface area (Å²) >= 11 is 2.78. The molecule has 0 bridgehead atoms. The van der Waals surface area contributed by atoms with E-state index in [1.165, 1.54) is 27.6 Å². The fourth-order valence-corrected chi connectivity index (χ4v) is 6.58. The number of benzene rings is 1.